The molecule has 0 radical (unpaired) electrons. The lowest BCUT2D eigenvalue weighted by Gasteiger charge is -2.11. The largest absolute Gasteiger partial charge is 0.390 e. The first-order valence-electron chi connectivity index (χ1n) is 9.60. The number of rotatable bonds is 9. The maximum atomic E-state index is 12.4. The van der Waals surface area contributed by atoms with Crippen molar-refractivity contribution in [3.63, 3.8) is 0 Å². The molecule has 0 atom stereocenters. The second-order valence-corrected chi connectivity index (χ2v) is 8.26. The first-order valence-corrected chi connectivity index (χ1v) is 11.0. The number of halogens is 1. The predicted molar refractivity (Wildman–Crippen MR) is 122 cm³/mol. The SMILES string of the molecule is Cc1ccc(CNC(=O)Cn2c(CO)cnc2SCC(=O)Nc2ccc(Cl)cc2)cc1. The Hall–Kier alpha value is -2.81. The molecule has 3 aromatic rings. The second kappa shape index (κ2) is 11.0. The van der Waals surface area contributed by atoms with Crippen LogP contribution in [-0.4, -0.2) is 32.2 Å². The molecular formula is C22H23ClN4O3S. The highest BCUT2D eigenvalue weighted by molar-refractivity contribution is 7.99. The third-order valence-electron chi connectivity index (χ3n) is 4.44. The third-order valence-corrected chi connectivity index (χ3v) is 5.68. The molecule has 0 saturated heterocycles. The Labute approximate surface area is 189 Å². The Kier molecular flexibility index (Phi) is 8.11. The molecule has 162 valence electrons. The van der Waals surface area contributed by atoms with Gasteiger partial charge in [0.25, 0.3) is 0 Å². The molecule has 0 unspecified atom stereocenters. The summed E-state index contributed by atoms with van der Waals surface area (Å²) in [7, 11) is 0. The zero-order chi connectivity index (χ0) is 22.2. The minimum atomic E-state index is -0.254. The first-order chi connectivity index (χ1) is 14.9. The summed E-state index contributed by atoms with van der Waals surface area (Å²) in [6.45, 7) is 2.17. The molecule has 0 fully saturated rings. The summed E-state index contributed by atoms with van der Waals surface area (Å²) in [5.41, 5.74) is 3.30. The number of anilines is 1. The molecule has 2 aromatic carbocycles. The van der Waals surface area contributed by atoms with Crippen LogP contribution in [0.5, 0.6) is 0 Å². The van der Waals surface area contributed by atoms with Crippen LogP contribution in [0, 0.1) is 6.92 Å². The van der Waals surface area contributed by atoms with Gasteiger partial charge in [-0.2, -0.15) is 0 Å². The van der Waals surface area contributed by atoms with E-state index in [0.29, 0.717) is 28.1 Å². The quantitative estimate of drug-likeness (QED) is 0.427. The van der Waals surface area contributed by atoms with Gasteiger partial charge in [-0.1, -0.05) is 53.2 Å². The Bertz CT molecular complexity index is 1040. The van der Waals surface area contributed by atoms with Crippen LogP contribution in [0.3, 0.4) is 0 Å². The number of carbonyl (C=O) groups excluding carboxylic acids is 2. The van der Waals surface area contributed by atoms with Gasteiger partial charge in [0.1, 0.15) is 6.54 Å². The van der Waals surface area contributed by atoms with E-state index >= 15 is 0 Å². The number of aryl methyl sites for hydroxylation is 1. The summed E-state index contributed by atoms with van der Waals surface area (Å²) in [5, 5.41) is 16.3. The molecule has 0 aliphatic carbocycles. The fraction of sp³-hybridized carbons (Fsp3) is 0.227. The van der Waals surface area contributed by atoms with Gasteiger partial charge in [0.2, 0.25) is 11.8 Å². The number of imidazole rings is 1. The van der Waals surface area contributed by atoms with Crippen LogP contribution < -0.4 is 10.6 Å². The van der Waals surface area contributed by atoms with Gasteiger partial charge in [-0.25, -0.2) is 4.98 Å². The molecule has 1 aromatic heterocycles. The van der Waals surface area contributed by atoms with E-state index in [-0.39, 0.29) is 30.7 Å². The first kappa shape index (κ1) is 22.9. The predicted octanol–water partition coefficient (Wildman–Crippen LogP) is 3.38. The molecule has 3 rings (SSSR count). The van der Waals surface area contributed by atoms with Crippen LogP contribution in [0.1, 0.15) is 16.8 Å². The maximum Gasteiger partial charge on any atom is 0.240 e. The van der Waals surface area contributed by atoms with Crippen molar-refractivity contribution in [2.75, 3.05) is 11.1 Å². The van der Waals surface area contributed by atoms with Gasteiger partial charge in [0.05, 0.1) is 24.3 Å². The Morgan fingerprint density at radius 1 is 1.10 bits per heavy atom. The topological polar surface area (TPSA) is 96.2 Å². The number of amides is 2. The van der Waals surface area contributed by atoms with Gasteiger partial charge in [0, 0.05) is 17.3 Å². The van der Waals surface area contributed by atoms with Crippen LogP contribution in [0.2, 0.25) is 5.02 Å². The van der Waals surface area contributed by atoms with Crippen LogP contribution in [0.15, 0.2) is 59.9 Å². The van der Waals surface area contributed by atoms with Crippen molar-refractivity contribution in [1.29, 1.82) is 0 Å². The Morgan fingerprint density at radius 2 is 1.81 bits per heavy atom. The van der Waals surface area contributed by atoms with E-state index in [1.807, 2.05) is 31.2 Å². The molecule has 9 heteroatoms. The number of aliphatic hydroxyl groups is 1. The number of aromatic nitrogens is 2. The minimum absolute atomic E-state index is 0.00287. The van der Waals surface area contributed by atoms with E-state index in [1.165, 1.54) is 18.0 Å². The second-order valence-electron chi connectivity index (χ2n) is 6.88. The highest BCUT2D eigenvalue weighted by atomic mass is 35.5. The Balaban J connectivity index is 1.56. The van der Waals surface area contributed by atoms with Crippen molar-refractivity contribution in [2.24, 2.45) is 0 Å². The number of hydrogen-bond donors (Lipinski definition) is 3. The average molecular weight is 459 g/mol. The molecule has 0 aliphatic heterocycles. The number of hydrogen-bond acceptors (Lipinski definition) is 5. The summed E-state index contributed by atoms with van der Waals surface area (Å²) in [5.74, 6) is -0.313. The fourth-order valence-electron chi connectivity index (χ4n) is 2.77. The van der Waals surface area contributed by atoms with Crippen LogP contribution in [0.25, 0.3) is 0 Å². The van der Waals surface area contributed by atoms with E-state index in [2.05, 4.69) is 15.6 Å². The number of nitrogens with one attached hydrogen (secondary N) is 2. The van der Waals surface area contributed by atoms with Gasteiger partial charge in [-0.05, 0) is 36.8 Å². The van der Waals surface area contributed by atoms with Crippen molar-refractivity contribution < 1.29 is 14.7 Å². The van der Waals surface area contributed by atoms with E-state index in [9.17, 15) is 14.7 Å². The van der Waals surface area contributed by atoms with E-state index in [1.54, 1.807) is 28.8 Å². The molecule has 0 saturated carbocycles. The van der Waals surface area contributed by atoms with Crippen molar-refractivity contribution >= 4 is 40.9 Å². The van der Waals surface area contributed by atoms with Gasteiger partial charge < -0.3 is 20.3 Å². The maximum absolute atomic E-state index is 12.4. The van der Waals surface area contributed by atoms with Gasteiger partial charge in [0.15, 0.2) is 5.16 Å². The van der Waals surface area contributed by atoms with E-state index in [0.717, 1.165) is 11.1 Å². The van der Waals surface area contributed by atoms with E-state index < -0.39 is 0 Å². The number of carbonyl (C=O) groups is 2. The molecule has 7 nitrogen and oxygen atoms in total. The summed E-state index contributed by atoms with van der Waals surface area (Å²) >= 11 is 7.04. The highest BCUT2D eigenvalue weighted by Crippen LogP contribution is 2.20. The number of nitrogens with zero attached hydrogens (tertiary/aromatic N) is 2. The van der Waals surface area contributed by atoms with Crippen molar-refractivity contribution in [1.82, 2.24) is 14.9 Å². The van der Waals surface area contributed by atoms with Crippen molar-refractivity contribution in [2.45, 2.75) is 31.8 Å². The average Bonchev–Trinajstić information content (AvgIpc) is 3.15. The summed E-state index contributed by atoms with van der Waals surface area (Å²) in [6, 6.07) is 14.7. The molecule has 3 N–H and O–H groups in total. The number of benzene rings is 2. The number of thioether (sulfide) groups is 1. The Morgan fingerprint density at radius 3 is 2.48 bits per heavy atom. The number of aliphatic hydroxyl groups excluding tert-OH is 1. The normalized spacial score (nSPS) is 10.7. The third kappa shape index (κ3) is 6.85. The highest BCUT2D eigenvalue weighted by Gasteiger charge is 2.15. The van der Waals surface area contributed by atoms with Gasteiger partial charge in [-0.3, -0.25) is 9.59 Å². The van der Waals surface area contributed by atoms with Crippen LogP contribution >= 0.6 is 23.4 Å². The fourth-order valence-corrected chi connectivity index (χ4v) is 3.69. The zero-order valence-corrected chi connectivity index (χ0v) is 18.5. The molecule has 0 aliphatic rings. The minimum Gasteiger partial charge on any atom is -0.390 e. The molecule has 1 heterocycles. The molecular weight excluding hydrogens is 436 g/mol. The molecule has 0 spiro atoms. The van der Waals surface area contributed by atoms with E-state index in [4.69, 9.17) is 11.6 Å². The zero-order valence-electron chi connectivity index (χ0n) is 17.0. The van der Waals surface area contributed by atoms with Gasteiger partial charge >= 0.3 is 0 Å². The lowest BCUT2D eigenvalue weighted by molar-refractivity contribution is -0.122. The molecule has 31 heavy (non-hydrogen) atoms. The van der Waals surface area contributed by atoms with Crippen LogP contribution in [-0.2, 0) is 29.3 Å². The molecule has 0 bridgehead atoms. The monoisotopic (exact) mass is 458 g/mol. The van der Waals surface area contributed by atoms with Gasteiger partial charge in [-0.15, -0.1) is 0 Å². The standard InChI is InChI=1S/C22H23ClN4O3S/c1-15-2-4-16(5-3-15)10-24-20(29)12-27-19(13-28)11-25-22(27)31-14-21(30)26-18-8-6-17(23)7-9-18/h2-9,11,28H,10,12-14H2,1H3,(H,24,29)(H,26,30). The lowest BCUT2D eigenvalue weighted by atomic mass is 10.1. The smallest absolute Gasteiger partial charge is 0.240 e. The summed E-state index contributed by atoms with van der Waals surface area (Å²) in [4.78, 5) is 28.9. The van der Waals surface area contributed by atoms with Crippen molar-refractivity contribution in [3.8, 4) is 0 Å². The summed E-state index contributed by atoms with van der Waals surface area (Å²) < 4.78 is 1.62. The molecule has 2 amide bonds. The lowest BCUT2D eigenvalue weighted by Crippen LogP contribution is -2.28. The summed E-state index contributed by atoms with van der Waals surface area (Å²) in [6.07, 6.45) is 1.51. The van der Waals surface area contributed by atoms with Crippen molar-refractivity contribution in [3.05, 3.63) is 76.6 Å². The van der Waals surface area contributed by atoms with Crippen LogP contribution in [0.4, 0.5) is 5.69 Å².